The molecular formula is C10H21F3. The average Bonchev–Trinajstić information content (AvgIpc) is 1.84. The van der Waals surface area contributed by atoms with Crippen molar-refractivity contribution in [2.75, 3.05) is 0 Å². The fourth-order valence-corrected chi connectivity index (χ4v) is 0.283. The Morgan fingerprint density at radius 1 is 0.923 bits per heavy atom. The Kier molecular flexibility index (Phi) is 7.37. The molecule has 0 spiro atoms. The minimum absolute atomic E-state index is 0.184. The van der Waals surface area contributed by atoms with Crippen molar-refractivity contribution in [3.05, 3.63) is 0 Å². The summed E-state index contributed by atoms with van der Waals surface area (Å²) in [4.78, 5) is 0. The van der Waals surface area contributed by atoms with Crippen molar-refractivity contribution >= 4 is 0 Å². The fourth-order valence-electron chi connectivity index (χ4n) is 0.283. The van der Waals surface area contributed by atoms with Gasteiger partial charge in [0.1, 0.15) is 0 Å². The third-order valence-electron chi connectivity index (χ3n) is 1.59. The summed E-state index contributed by atoms with van der Waals surface area (Å²) in [7, 11) is 0. The zero-order valence-corrected chi connectivity index (χ0v) is 9.26. The lowest BCUT2D eigenvalue weighted by Crippen LogP contribution is -2.04. The topological polar surface area (TPSA) is 0 Å². The molecule has 0 N–H and O–H groups in total. The van der Waals surface area contributed by atoms with E-state index in [9.17, 15) is 13.2 Å². The van der Waals surface area contributed by atoms with E-state index in [-0.39, 0.29) is 6.42 Å². The van der Waals surface area contributed by atoms with Crippen molar-refractivity contribution in [1.82, 2.24) is 0 Å². The van der Waals surface area contributed by atoms with E-state index >= 15 is 0 Å². The Labute approximate surface area is 79.5 Å². The Balaban J connectivity index is 0. The van der Waals surface area contributed by atoms with Gasteiger partial charge in [-0.2, -0.15) is 13.2 Å². The highest BCUT2D eigenvalue weighted by atomic mass is 19.4. The van der Waals surface area contributed by atoms with E-state index in [0.29, 0.717) is 5.41 Å². The third-order valence-corrected chi connectivity index (χ3v) is 1.59. The number of rotatable bonds is 1. The molecule has 0 fully saturated rings. The van der Waals surface area contributed by atoms with Gasteiger partial charge < -0.3 is 0 Å². The van der Waals surface area contributed by atoms with E-state index in [2.05, 4.69) is 27.7 Å². The number of hydrogen-bond donors (Lipinski definition) is 0. The summed E-state index contributed by atoms with van der Waals surface area (Å²) in [5.41, 5.74) is 0.542. The van der Waals surface area contributed by atoms with Gasteiger partial charge in [-0.15, -0.1) is 0 Å². The van der Waals surface area contributed by atoms with Crippen LogP contribution >= 0.6 is 0 Å². The van der Waals surface area contributed by atoms with Crippen LogP contribution in [-0.2, 0) is 0 Å². The molecule has 0 bridgehead atoms. The van der Waals surface area contributed by atoms with Crippen LogP contribution < -0.4 is 0 Å². The van der Waals surface area contributed by atoms with Gasteiger partial charge in [0, 0.05) is 6.42 Å². The van der Waals surface area contributed by atoms with Gasteiger partial charge in [-0.05, 0) is 11.8 Å². The maximum absolute atomic E-state index is 11.1. The lowest BCUT2D eigenvalue weighted by Gasteiger charge is -2.12. The van der Waals surface area contributed by atoms with Crippen molar-refractivity contribution in [3.63, 3.8) is 0 Å². The lowest BCUT2D eigenvalue weighted by molar-refractivity contribution is -0.134. The molecule has 0 aliphatic rings. The van der Waals surface area contributed by atoms with Crippen molar-refractivity contribution in [2.45, 2.75) is 60.1 Å². The minimum Gasteiger partial charge on any atom is -0.171 e. The second kappa shape index (κ2) is 6.28. The summed E-state index contributed by atoms with van der Waals surface area (Å²) in [6.07, 6.45) is -3.15. The molecule has 0 radical (unpaired) electrons. The van der Waals surface area contributed by atoms with Crippen LogP contribution in [0.1, 0.15) is 53.9 Å². The van der Waals surface area contributed by atoms with Crippen LogP contribution in [0, 0.1) is 5.41 Å². The van der Waals surface area contributed by atoms with E-state index in [4.69, 9.17) is 0 Å². The molecule has 0 saturated carbocycles. The minimum atomic E-state index is -3.95. The van der Waals surface area contributed by atoms with Crippen LogP contribution in [0.5, 0.6) is 0 Å². The van der Waals surface area contributed by atoms with Crippen molar-refractivity contribution in [3.8, 4) is 0 Å². The van der Waals surface area contributed by atoms with Crippen LogP contribution in [0.25, 0.3) is 0 Å². The SMILES string of the molecule is CCC(C)(C)C.CCCC(F)(F)F. The molecule has 0 saturated heterocycles. The molecule has 0 rings (SSSR count). The molecule has 0 aliphatic carbocycles. The van der Waals surface area contributed by atoms with Crippen molar-refractivity contribution in [2.24, 2.45) is 5.41 Å². The molecule has 0 unspecified atom stereocenters. The molecular weight excluding hydrogens is 177 g/mol. The van der Waals surface area contributed by atoms with Crippen LogP contribution in [0.2, 0.25) is 0 Å². The fraction of sp³-hybridized carbons (Fsp3) is 1.00. The standard InChI is InChI=1S/C6H14.C4H7F3/c1-5-6(2,3)4;1-2-3-4(5,6)7/h5H2,1-4H3;2-3H2,1H3. The normalized spacial score (nSPS) is 12.0. The molecule has 0 aromatic heterocycles. The second-order valence-corrected chi connectivity index (χ2v) is 4.28. The predicted octanol–water partition coefficient (Wildman–Crippen LogP) is 4.79. The Morgan fingerprint density at radius 3 is 1.23 bits per heavy atom. The van der Waals surface area contributed by atoms with Gasteiger partial charge in [0.05, 0.1) is 0 Å². The smallest absolute Gasteiger partial charge is 0.171 e. The van der Waals surface area contributed by atoms with E-state index in [0.717, 1.165) is 0 Å². The maximum atomic E-state index is 11.1. The van der Waals surface area contributed by atoms with Crippen molar-refractivity contribution in [1.29, 1.82) is 0 Å². The molecule has 0 atom stereocenters. The molecule has 0 aromatic rings. The Hall–Kier alpha value is -0.210. The van der Waals surface area contributed by atoms with Gasteiger partial charge in [-0.25, -0.2) is 0 Å². The van der Waals surface area contributed by atoms with E-state index in [1.807, 2.05) is 0 Å². The molecule has 3 heteroatoms. The third kappa shape index (κ3) is 24.5. The second-order valence-electron chi connectivity index (χ2n) is 4.28. The first kappa shape index (κ1) is 15.3. The zero-order chi connectivity index (χ0) is 11.1. The van der Waals surface area contributed by atoms with Gasteiger partial charge in [-0.3, -0.25) is 0 Å². The largest absolute Gasteiger partial charge is 0.389 e. The monoisotopic (exact) mass is 198 g/mol. The highest BCUT2D eigenvalue weighted by Crippen LogP contribution is 2.20. The zero-order valence-electron chi connectivity index (χ0n) is 9.26. The molecule has 0 amide bonds. The maximum Gasteiger partial charge on any atom is 0.389 e. The molecule has 0 nitrogen and oxygen atoms in total. The number of hydrogen-bond acceptors (Lipinski definition) is 0. The Bertz CT molecular complexity index is 108. The summed E-state index contributed by atoms with van der Waals surface area (Å²) >= 11 is 0. The van der Waals surface area contributed by atoms with E-state index in [1.54, 1.807) is 0 Å². The highest BCUT2D eigenvalue weighted by Gasteiger charge is 2.24. The van der Waals surface area contributed by atoms with Crippen molar-refractivity contribution < 1.29 is 13.2 Å². The number of halogens is 3. The predicted molar refractivity (Wildman–Crippen MR) is 50.7 cm³/mol. The quantitative estimate of drug-likeness (QED) is 0.568. The number of alkyl halides is 3. The van der Waals surface area contributed by atoms with Gasteiger partial charge in [0.25, 0.3) is 0 Å². The van der Waals surface area contributed by atoms with E-state index < -0.39 is 12.6 Å². The lowest BCUT2D eigenvalue weighted by atomic mass is 9.94. The van der Waals surface area contributed by atoms with Crippen LogP contribution in [0.4, 0.5) is 13.2 Å². The molecule has 0 aromatic carbocycles. The van der Waals surface area contributed by atoms with E-state index in [1.165, 1.54) is 13.3 Å². The molecule has 82 valence electrons. The molecule has 0 aliphatic heterocycles. The summed E-state index contributed by atoms with van der Waals surface area (Å²) in [5, 5.41) is 0. The Morgan fingerprint density at radius 2 is 1.23 bits per heavy atom. The summed E-state index contributed by atoms with van der Waals surface area (Å²) in [6, 6.07) is 0. The van der Waals surface area contributed by atoms with Gasteiger partial charge in [-0.1, -0.05) is 41.0 Å². The highest BCUT2D eigenvalue weighted by molar-refractivity contribution is 4.55. The van der Waals surface area contributed by atoms with Gasteiger partial charge in [0.2, 0.25) is 0 Å². The van der Waals surface area contributed by atoms with Crippen LogP contribution in [0.3, 0.4) is 0 Å². The first-order valence-electron chi connectivity index (χ1n) is 4.69. The van der Waals surface area contributed by atoms with Crippen LogP contribution in [-0.4, -0.2) is 6.18 Å². The van der Waals surface area contributed by atoms with Gasteiger partial charge >= 0.3 is 6.18 Å². The molecule has 0 heterocycles. The summed E-state index contributed by atoms with van der Waals surface area (Å²) < 4.78 is 33.2. The molecule has 13 heavy (non-hydrogen) atoms. The van der Waals surface area contributed by atoms with Crippen LogP contribution in [0.15, 0.2) is 0 Å². The van der Waals surface area contributed by atoms with Gasteiger partial charge in [0.15, 0.2) is 0 Å². The first-order chi connectivity index (χ1) is 5.62. The summed E-state index contributed by atoms with van der Waals surface area (Å²) in [5.74, 6) is 0. The average molecular weight is 198 g/mol. The summed E-state index contributed by atoms with van der Waals surface area (Å²) in [6.45, 7) is 10.4. The first-order valence-corrected chi connectivity index (χ1v) is 4.69.